The van der Waals surface area contributed by atoms with E-state index in [-0.39, 0.29) is 23.4 Å². The minimum Gasteiger partial charge on any atom is -0.548 e. The fourth-order valence-electron chi connectivity index (χ4n) is 2.28. The SMILES string of the molecule is Cc1ccsc1C(C=O)(C(=O)[O-])c1ncc(C(F)(F)F)cc1[N+](=O)[O-]. The number of halogens is 3. The van der Waals surface area contributed by atoms with E-state index in [1.165, 1.54) is 18.4 Å². The van der Waals surface area contributed by atoms with E-state index in [4.69, 9.17) is 0 Å². The van der Waals surface area contributed by atoms with Gasteiger partial charge in [-0.25, -0.2) is 0 Å². The number of nitro groups is 1. The number of carboxylic acid groups (broad SMARTS) is 1. The maximum absolute atomic E-state index is 12.8. The van der Waals surface area contributed by atoms with E-state index >= 15 is 0 Å². The molecule has 0 saturated heterocycles. The first-order chi connectivity index (χ1) is 11.6. The molecule has 0 aromatic carbocycles. The topological polar surface area (TPSA) is 113 Å². The molecule has 0 aliphatic heterocycles. The van der Waals surface area contributed by atoms with E-state index in [9.17, 15) is 38.0 Å². The van der Waals surface area contributed by atoms with Crippen molar-refractivity contribution in [2.45, 2.75) is 18.5 Å². The summed E-state index contributed by atoms with van der Waals surface area (Å²) in [6.07, 6.45) is -4.81. The van der Waals surface area contributed by atoms with Gasteiger partial charge in [-0.05, 0) is 23.9 Å². The summed E-state index contributed by atoms with van der Waals surface area (Å²) in [6, 6.07) is 1.60. The third kappa shape index (κ3) is 2.97. The molecule has 11 heteroatoms. The molecule has 0 radical (unpaired) electrons. The lowest BCUT2D eigenvalue weighted by Gasteiger charge is -2.28. The van der Waals surface area contributed by atoms with Crippen molar-refractivity contribution in [3.63, 3.8) is 0 Å². The van der Waals surface area contributed by atoms with Crippen LogP contribution in [0.3, 0.4) is 0 Å². The standard InChI is InChI=1S/C14H9F3N2O5S/c1-7-2-3-25-11(7)13(6-20,12(21)22)10-9(19(23)24)4-8(5-18-10)14(15,16)17/h2-6H,1H3,(H,21,22)/p-1. The van der Waals surface area contributed by atoms with Crippen LogP contribution in [0.15, 0.2) is 23.7 Å². The fraction of sp³-hybridized carbons (Fsp3) is 0.214. The maximum atomic E-state index is 12.8. The molecule has 0 fully saturated rings. The van der Waals surface area contributed by atoms with Crippen LogP contribution in [-0.4, -0.2) is 22.2 Å². The predicted molar refractivity (Wildman–Crippen MR) is 76.8 cm³/mol. The third-order valence-electron chi connectivity index (χ3n) is 3.48. The van der Waals surface area contributed by atoms with Gasteiger partial charge in [0.15, 0.2) is 0 Å². The molecule has 132 valence electrons. The van der Waals surface area contributed by atoms with Gasteiger partial charge in [0.25, 0.3) is 5.69 Å². The number of nitrogens with zero attached hydrogens (tertiary/aromatic N) is 2. The van der Waals surface area contributed by atoms with Crippen molar-refractivity contribution in [2.24, 2.45) is 0 Å². The van der Waals surface area contributed by atoms with Crippen molar-refractivity contribution in [1.82, 2.24) is 4.98 Å². The Kier molecular flexibility index (Phi) is 4.62. The zero-order chi connectivity index (χ0) is 19.0. The number of aldehydes is 1. The van der Waals surface area contributed by atoms with E-state index in [2.05, 4.69) is 4.98 Å². The van der Waals surface area contributed by atoms with Gasteiger partial charge in [0.2, 0.25) is 0 Å². The Labute approximate surface area is 141 Å². The molecular formula is C14H8F3N2O5S-. The minimum absolute atomic E-state index is 0.121. The molecule has 0 saturated carbocycles. The number of aliphatic carboxylic acids is 1. The number of aryl methyl sites for hydroxylation is 1. The van der Waals surface area contributed by atoms with Crippen molar-refractivity contribution in [3.8, 4) is 0 Å². The Morgan fingerprint density at radius 3 is 2.44 bits per heavy atom. The molecule has 2 aromatic heterocycles. The summed E-state index contributed by atoms with van der Waals surface area (Å²) in [5.74, 6) is -2.02. The minimum atomic E-state index is -4.93. The first kappa shape index (κ1) is 18.5. The summed E-state index contributed by atoms with van der Waals surface area (Å²) < 4.78 is 38.3. The normalized spacial score (nSPS) is 13.9. The summed E-state index contributed by atoms with van der Waals surface area (Å²) in [4.78, 5) is 36.6. The lowest BCUT2D eigenvalue weighted by molar-refractivity contribution is -0.386. The number of pyridine rings is 1. The zero-order valence-corrected chi connectivity index (χ0v) is 13.2. The number of rotatable bonds is 5. The molecule has 25 heavy (non-hydrogen) atoms. The van der Waals surface area contributed by atoms with E-state index < -0.39 is 39.4 Å². The number of thiophene rings is 1. The van der Waals surface area contributed by atoms with Crippen molar-refractivity contribution in [1.29, 1.82) is 0 Å². The number of hydrogen-bond acceptors (Lipinski definition) is 7. The van der Waals surface area contributed by atoms with E-state index in [1.807, 2.05) is 0 Å². The summed E-state index contributed by atoms with van der Waals surface area (Å²) in [7, 11) is 0. The summed E-state index contributed by atoms with van der Waals surface area (Å²) >= 11 is 0.797. The number of alkyl halides is 3. The number of carbonyl (C=O) groups excluding carboxylic acids is 2. The van der Waals surface area contributed by atoms with Gasteiger partial charge in [-0.3, -0.25) is 15.1 Å². The van der Waals surface area contributed by atoms with Gasteiger partial charge in [0, 0.05) is 17.1 Å². The highest BCUT2D eigenvalue weighted by Crippen LogP contribution is 2.41. The Bertz CT molecular complexity index is 864. The van der Waals surface area contributed by atoms with Crippen molar-refractivity contribution < 1.29 is 32.8 Å². The highest BCUT2D eigenvalue weighted by Gasteiger charge is 2.46. The van der Waals surface area contributed by atoms with Crippen molar-refractivity contribution in [3.05, 3.63) is 55.5 Å². The maximum Gasteiger partial charge on any atom is 0.418 e. The van der Waals surface area contributed by atoms with Gasteiger partial charge in [-0.15, -0.1) is 11.3 Å². The molecule has 0 N–H and O–H groups in total. The summed E-state index contributed by atoms with van der Waals surface area (Å²) in [5.41, 5.74) is -6.00. The van der Waals surface area contributed by atoms with Gasteiger partial charge in [-0.2, -0.15) is 13.2 Å². The lowest BCUT2D eigenvalue weighted by Crippen LogP contribution is -2.49. The highest BCUT2D eigenvalue weighted by molar-refractivity contribution is 7.10. The van der Waals surface area contributed by atoms with Crippen molar-refractivity contribution >= 4 is 29.3 Å². The van der Waals surface area contributed by atoms with Gasteiger partial charge in [0.1, 0.15) is 17.4 Å². The van der Waals surface area contributed by atoms with Crippen molar-refractivity contribution in [2.75, 3.05) is 0 Å². The Morgan fingerprint density at radius 1 is 1.40 bits per heavy atom. The van der Waals surface area contributed by atoms with Gasteiger partial charge < -0.3 is 14.7 Å². The lowest BCUT2D eigenvalue weighted by atomic mass is 9.81. The molecule has 1 atom stereocenters. The number of hydrogen-bond donors (Lipinski definition) is 0. The van der Waals surface area contributed by atoms with Crippen LogP contribution in [-0.2, 0) is 21.2 Å². The van der Waals surface area contributed by atoms with E-state index in [0.717, 1.165) is 11.3 Å². The van der Waals surface area contributed by atoms with Crippen LogP contribution in [0.2, 0.25) is 0 Å². The molecule has 0 bridgehead atoms. The third-order valence-corrected chi connectivity index (χ3v) is 4.64. The summed E-state index contributed by atoms with van der Waals surface area (Å²) in [5, 5.41) is 24.4. The van der Waals surface area contributed by atoms with Crippen LogP contribution >= 0.6 is 11.3 Å². The van der Waals surface area contributed by atoms with Gasteiger partial charge in [0.05, 0.1) is 16.5 Å². The molecule has 2 heterocycles. The fourth-order valence-corrected chi connectivity index (χ4v) is 3.36. The number of carboxylic acids is 1. The van der Waals surface area contributed by atoms with Crippen LogP contribution in [0.25, 0.3) is 0 Å². The molecule has 2 rings (SSSR count). The van der Waals surface area contributed by atoms with E-state index in [0.29, 0.717) is 5.56 Å². The second-order valence-corrected chi connectivity index (χ2v) is 5.91. The molecular weight excluding hydrogens is 365 g/mol. The molecule has 0 spiro atoms. The molecule has 7 nitrogen and oxygen atoms in total. The van der Waals surface area contributed by atoms with Gasteiger partial charge in [-0.1, -0.05) is 0 Å². The monoisotopic (exact) mass is 373 g/mol. The van der Waals surface area contributed by atoms with Crippen LogP contribution in [0.1, 0.15) is 21.7 Å². The van der Waals surface area contributed by atoms with Gasteiger partial charge >= 0.3 is 6.18 Å². The Hall–Kier alpha value is -2.82. The average molecular weight is 373 g/mol. The average Bonchev–Trinajstić information content (AvgIpc) is 2.94. The predicted octanol–water partition coefficient (Wildman–Crippen LogP) is 1.61. The quantitative estimate of drug-likeness (QED) is 0.341. The molecule has 2 aromatic rings. The molecule has 0 amide bonds. The second kappa shape index (κ2) is 6.24. The molecule has 1 unspecified atom stereocenters. The number of carbonyl (C=O) groups is 2. The first-order valence-electron chi connectivity index (χ1n) is 6.50. The molecule has 0 aliphatic rings. The largest absolute Gasteiger partial charge is 0.548 e. The highest BCUT2D eigenvalue weighted by atomic mass is 32.1. The van der Waals surface area contributed by atoms with Crippen LogP contribution in [0.4, 0.5) is 18.9 Å². The van der Waals surface area contributed by atoms with Crippen LogP contribution in [0.5, 0.6) is 0 Å². The number of aromatic nitrogens is 1. The zero-order valence-electron chi connectivity index (χ0n) is 12.4. The first-order valence-corrected chi connectivity index (χ1v) is 7.38. The van der Waals surface area contributed by atoms with E-state index in [1.54, 1.807) is 0 Å². The molecule has 0 aliphatic carbocycles. The van der Waals surface area contributed by atoms with Crippen LogP contribution in [0, 0.1) is 17.0 Å². The Morgan fingerprint density at radius 2 is 2.04 bits per heavy atom. The second-order valence-electron chi connectivity index (χ2n) is 4.99. The van der Waals surface area contributed by atoms with Crippen LogP contribution < -0.4 is 5.11 Å². The summed E-state index contributed by atoms with van der Waals surface area (Å²) in [6.45, 7) is 1.45. The smallest absolute Gasteiger partial charge is 0.418 e. The Balaban J connectivity index is 2.88.